The number of hydrogen-bond donors (Lipinski definition) is 5. The zero-order chi connectivity index (χ0) is 24.6. The van der Waals surface area contributed by atoms with Crippen molar-refractivity contribution in [1.82, 2.24) is 14.5 Å². The van der Waals surface area contributed by atoms with E-state index >= 15 is 0 Å². The summed E-state index contributed by atoms with van der Waals surface area (Å²) in [6, 6.07) is 16.8. The van der Waals surface area contributed by atoms with Crippen molar-refractivity contribution in [3.63, 3.8) is 0 Å². The standard InChI is InChI=1S/C25H25N3O7/c29-13-20-22(30)23(31)25(33,24(32)34-20)35-19-5-1-4-18-21(19)28(14-27-18)12-15-6-8-16(9-7-15)17-3-2-10-26-11-17/h1-11,14,20,22-24,29-33H,12-13H2/t20-,22-,23+,24+,25+/m0/s1. The molecule has 1 aliphatic rings. The summed E-state index contributed by atoms with van der Waals surface area (Å²) in [5.41, 5.74) is 4.09. The van der Waals surface area contributed by atoms with Gasteiger partial charge in [0.25, 0.3) is 5.79 Å². The molecule has 5 N–H and O–H groups in total. The molecule has 10 nitrogen and oxygen atoms in total. The molecule has 0 spiro atoms. The van der Waals surface area contributed by atoms with Crippen molar-refractivity contribution in [2.24, 2.45) is 0 Å². The molecule has 0 bridgehead atoms. The fourth-order valence-corrected chi connectivity index (χ4v) is 4.20. The summed E-state index contributed by atoms with van der Waals surface area (Å²) in [7, 11) is 0. The molecule has 4 aromatic rings. The summed E-state index contributed by atoms with van der Waals surface area (Å²) in [5, 5.41) is 51.2. The van der Waals surface area contributed by atoms with Crippen LogP contribution in [-0.4, -0.2) is 77.1 Å². The Labute approximate surface area is 200 Å². The molecule has 5 rings (SSSR count). The Kier molecular flexibility index (Phi) is 6.24. The van der Waals surface area contributed by atoms with Crippen LogP contribution in [0.4, 0.5) is 0 Å². The first kappa shape index (κ1) is 23.4. The van der Waals surface area contributed by atoms with Crippen LogP contribution in [-0.2, 0) is 11.3 Å². The first-order chi connectivity index (χ1) is 16.9. The predicted octanol–water partition coefficient (Wildman–Crippen LogP) is 0.645. The third kappa shape index (κ3) is 4.27. The lowest BCUT2D eigenvalue weighted by molar-refractivity contribution is -0.385. The van der Waals surface area contributed by atoms with E-state index < -0.39 is 37.0 Å². The van der Waals surface area contributed by atoms with Crippen LogP contribution in [0.2, 0.25) is 0 Å². The fraction of sp³-hybridized carbons (Fsp3) is 0.280. The molecule has 1 fully saturated rings. The SMILES string of the molecule is OC[C@@H]1O[C@@H](O)[C@](O)(Oc2cccc3ncn(Cc4ccc(-c5cccnc5)cc4)c23)[C@H](O)[C@H]1O. The molecule has 0 radical (unpaired) electrons. The Morgan fingerprint density at radius 1 is 1.00 bits per heavy atom. The van der Waals surface area contributed by atoms with Crippen LogP contribution in [0.25, 0.3) is 22.2 Å². The topological polar surface area (TPSA) is 150 Å². The van der Waals surface area contributed by atoms with Gasteiger partial charge in [-0.25, -0.2) is 4.98 Å². The molecule has 35 heavy (non-hydrogen) atoms. The number of hydrogen-bond acceptors (Lipinski definition) is 9. The van der Waals surface area contributed by atoms with Gasteiger partial charge in [0.1, 0.15) is 23.5 Å². The number of imidazole rings is 1. The summed E-state index contributed by atoms with van der Waals surface area (Å²) in [6.07, 6.45) is -1.79. The van der Waals surface area contributed by atoms with E-state index in [0.29, 0.717) is 17.6 Å². The smallest absolute Gasteiger partial charge is 0.288 e. The molecule has 0 unspecified atom stereocenters. The van der Waals surface area contributed by atoms with E-state index in [4.69, 9.17) is 9.47 Å². The average molecular weight is 479 g/mol. The lowest BCUT2D eigenvalue weighted by Gasteiger charge is -2.45. The lowest BCUT2D eigenvalue weighted by Crippen LogP contribution is -2.69. The molecule has 2 aromatic heterocycles. The van der Waals surface area contributed by atoms with E-state index in [9.17, 15) is 25.5 Å². The minimum absolute atomic E-state index is 0.117. The van der Waals surface area contributed by atoms with Crippen LogP contribution < -0.4 is 4.74 Å². The van der Waals surface area contributed by atoms with Crippen LogP contribution >= 0.6 is 0 Å². The van der Waals surface area contributed by atoms with Crippen LogP contribution in [0.15, 0.2) is 73.3 Å². The maximum Gasteiger partial charge on any atom is 0.288 e. The number of aliphatic hydroxyl groups excluding tert-OH is 4. The third-order valence-corrected chi connectivity index (χ3v) is 6.14. The van der Waals surface area contributed by atoms with Crippen molar-refractivity contribution in [2.75, 3.05) is 6.61 Å². The molecule has 1 aliphatic heterocycles. The van der Waals surface area contributed by atoms with Crippen molar-refractivity contribution in [1.29, 1.82) is 0 Å². The van der Waals surface area contributed by atoms with Crippen molar-refractivity contribution < 1.29 is 35.0 Å². The molecule has 10 heteroatoms. The molecule has 1 saturated heterocycles. The molecule has 0 amide bonds. The second-order valence-corrected chi connectivity index (χ2v) is 8.43. The molecule has 3 heterocycles. The van der Waals surface area contributed by atoms with Gasteiger partial charge in [0.2, 0.25) is 6.29 Å². The number of para-hydroxylation sites is 1. The first-order valence-electron chi connectivity index (χ1n) is 11.1. The lowest BCUT2D eigenvalue weighted by atomic mass is 9.96. The number of benzene rings is 2. The number of nitrogens with zero attached hydrogens (tertiary/aromatic N) is 3. The van der Waals surface area contributed by atoms with Gasteiger partial charge < -0.3 is 39.6 Å². The highest BCUT2D eigenvalue weighted by atomic mass is 16.7. The van der Waals surface area contributed by atoms with Crippen LogP contribution in [0.3, 0.4) is 0 Å². The highest BCUT2D eigenvalue weighted by molar-refractivity contribution is 5.82. The van der Waals surface area contributed by atoms with E-state index in [0.717, 1.165) is 16.7 Å². The quantitative estimate of drug-likeness (QED) is 0.251. The molecule has 2 aromatic carbocycles. The molecular formula is C25H25N3O7. The number of rotatable bonds is 6. The van der Waals surface area contributed by atoms with Gasteiger partial charge in [-0.2, -0.15) is 0 Å². The van der Waals surface area contributed by atoms with Gasteiger partial charge in [0, 0.05) is 18.9 Å². The van der Waals surface area contributed by atoms with E-state index in [1.165, 1.54) is 0 Å². The van der Waals surface area contributed by atoms with Crippen molar-refractivity contribution >= 4 is 11.0 Å². The number of aliphatic hydroxyl groups is 5. The Balaban J connectivity index is 1.43. The molecule has 0 aliphatic carbocycles. The number of aromatic nitrogens is 3. The Morgan fingerprint density at radius 3 is 2.51 bits per heavy atom. The predicted molar refractivity (Wildman–Crippen MR) is 124 cm³/mol. The first-order valence-corrected chi connectivity index (χ1v) is 11.1. The van der Waals surface area contributed by atoms with E-state index in [1.54, 1.807) is 36.9 Å². The minimum Gasteiger partial charge on any atom is -0.452 e. The van der Waals surface area contributed by atoms with Crippen LogP contribution in [0.5, 0.6) is 5.75 Å². The van der Waals surface area contributed by atoms with Gasteiger partial charge in [-0.05, 0) is 34.9 Å². The highest BCUT2D eigenvalue weighted by Crippen LogP contribution is 2.35. The number of ether oxygens (including phenoxy) is 2. The van der Waals surface area contributed by atoms with Crippen LogP contribution in [0, 0.1) is 0 Å². The van der Waals surface area contributed by atoms with E-state index in [1.807, 2.05) is 41.0 Å². The van der Waals surface area contributed by atoms with Crippen molar-refractivity contribution in [3.8, 4) is 16.9 Å². The average Bonchev–Trinajstić information content (AvgIpc) is 3.30. The molecule has 5 atom stereocenters. The van der Waals surface area contributed by atoms with Gasteiger partial charge in [-0.3, -0.25) is 4.98 Å². The summed E-state index contributed by atoms with van der Waals surface area (Å²) in [5.74, 6) is -2.56. The van der Waals surface area contributed by atoms with Gasteiger partial charge in [-0.15, -0.1) is 0 Å². The highest BCUT2D eigenvalue weighted by Gasteiger charge is 2.57. The van der Waals surface area contributed by atoms with Gasteiger partial charge >= 0.3 is 0 Å². The Morgan fingerprint density at radius 2 is 1.80 bits per heavy atom. The second-order valence-electron chi connectivity index (χ2n) is 8.43. The number of pyridine rings is 1. The van der Waals surface area contributed by atoms with E-state index in [-0.39, 0.29) is 5.75 Å². The van der Waals surface area contributed by atoms with Crippen molar-refractivity contribution in [2.45, 2.75) is 36.9 Å². The van der Waals surface area contributed by atoms with Crippen LogP contribution in [0.1, 0.15) is 5.56 Å². The number of fused-ring (bicyclic) bond motifs is 1. The Bertz CT molecular complexity index is 1300. The molecule has 182 valence electrons. The summed E-state index contributed by atoms with van der Waals surface area (Å²) >= 11 is 0. The zero-order valence-corrected chi connectivity index (χ0v) is 18.5. The monoisotopic (exact) mass is 479 g/mol. The van der Waals surface area contributed by atoms with Crippen molar-refractivity contribution in [3.05, 3.63) is 78.9 Å². The molecular weight excluding hydrogens is 454 g/mol. The molecule has 0 saturated carbocycles. The fourth-order valence-electron chi connectivity index (χ4n) is 4.20. The summed E-state index contributed by atoms with van der Waals surface area (Å²) in [6.45, 7) is -0.229. The Hall–Kier alpha value is -3.38. The summed E-state index contributed by atoms with van der Waals surface area (Å²) < 4.78 is 12.6. The summed E-state index contributed by atoms with van der Waals surface area (Å²) in [4.78, 5) is 8.54. The largest absolute Gasteiger partial charge is 0.452 e. The maximum atomic E-state index is 10.9. The minimum atomic E-state index is -2.68. The van der Waals surface area contributed by atoms with Gasteiger partial charge in [0.15, 0.2) is 6.10 Å². The van der Waals surface area contributed by atoms with E-state index in [2.05, 4.69) is 9.97 Å². The third-order valence-electron chi connectivity index (χ3n) is 6.14. The van der Waals surface area contributed by atoms with Gasteiger partial charge in [0.05, 0.1) is 18.5 Å². The zero-order valence-electron chi connectivity index (χ0n) is 18.5. The normalized spacial score (nSPS) is 26.7. The maximum absolute atomic E-state index is 10.9. The second kappa shape index (κ2) is 9.34. The van der Waals surface area contributed by atoms with Gasteiger partial charge in [-0.1, -0.05) is 36.4 Å².